The molecule has 0 saturated carbocycles. The average Bonchev–Trinajstić information content (AvgIpc) is 3.76. The standard InChI is InChI=1S/C49H34N2/c1-49(2)43-28-34(51-45-21-10-8-18-38(45)39-19-9-11-22-46(39)51)24-26-37(43)41-30-48-42(29-44(41)49)40-25-23-32(27-47(40)50(48)33-15-4-3-5-16-33)36-20-12-14-31-13-6-7-17-35(31)36/h3-30H,1-2H3. The van der Waals surface area contributed by atoms with Crippen LogP contribution in [0.4, 0.5) is 0 Å². The van der Waals surface area contributed by atoms with Gasteiger partial charge in [0, 0.05) is 38.3 Å². The fourth-order valence-electron chi connectivity index (χ4n) is 9.07. The van der Waals surface area contributed by atoms with Crippen molar-refractivity contribution >= 4 is 54.4 Å². The van der Waals surface area contributed by atoms with Crippen molar-refractivity contribution < 1.29 is 0 Å². The van der Waals surface area contributed by atoms with Gasteiger partial charge in [0.2, 0.25) is 0 Å². The zero-order valence-corrected chi connectivity index (χ0v) is 28.6. The highest BCUT2D eigenvalue weighted by atomic mass is 15.0. The van der Waals surface area contributed by atoms with Gasteiger partial charge in [-0.3, -0.25) is 0 Å². The maximum absolute atomic E-state index is 2.49. The first-order valence-electron chi connectivity index (χ1n) is 17.9. The normalized spacial score (nSPS) is 13.5. The minimum Gasteiger partial charge on any atom is -0.309 e. The third-order valence-electron chi connectivity index (χ3n) is 11.5. The molecule has 0 unspecified atom stereocenters. The van der Waals surface area contributed by atoms with E-state index in [4.69, 9.17) is 0 Å². The second-order valence-corrected chi connectivity index (χ2v) is 14.6. The minimum absolute atomic E-state index is 0.169. The number of fused-ring (bicyclic) bond motifs is 10. The fourth-order valence-corrected chi connectivity index (χ4v) is 9.07. The van der Waals surface area contributed by atoms with Gasteiger partial charge in [-0.2, -0.15) is 0 Å². The molecule has 2 heteroatoms. The van der Waals surface area contributed by atoms with Crippen LogP contribution < -0.4 is 0 Å². The van der Waals surface area contributed by atoms with Crippen LogP contribution in [0.15, 0.2) is 170 Å². The first-order valence-corrected chi connectivity index (χ1v) is 17.9. The summed E-state index contributed by atoms with van der Waals surface area (Å²) in [6.07, 6.45) is 0. The van der Waals surface area contributed by atoms with Crippen LogP contribution in [-0.2, 0) is 5.41 Å². The molecule has 0 N–H and O–H groups in total. The number of para-hydroxylation sites is 3. The summed E-state index contributed by atoms with van der Waals surface area (Å²) in [5, 5.41) is 7.68. The van der Waals surface area contributed by atoms with Crippen LogP contribution in [0.5, 0.6) is 0 Å². The Morgan fingerprint density at radius 3 is 1.75 bits per heavy atom. The van der Waals surface area contributed by atoms with E-state index in [1.807, 2.05) is 0 Å². The first-order chi connectivity index (χ1) is 25.1. The van der Waals surface area contributed by atoms with Gasteiger partial charge in [0.05, 0.1) is 22.1 Å². The van der Waals surface area contributed by atoms with E-state index in [0.717, 1.165) is 0 Å². The van der Waals surface area contributed by atoms with Crippen LogP contribution >= 0.6 is 0 Å². The Balaban J connectivity index is 1.15. The van der Waals surface area contributed by atoms with Gasteiger partial charge >= 0.3 is 0 Å². The molecule has 2 nitrogen and oxygen atoms in total. The molecule has 0 atom stereocenters. The third kappa shape index (κ3) is 3.93. The number of nitrogens with zero attached hydrogens (tertiary/aromatic N) is 2. The first kappa shape index (κ1) is 28.5. The summed E-state index contributed by atoms with van der Waals surface area (Å²) in [5.74, 6) is 0. The number of aromatic nitrogens is 2. The molecule has 0 aliphatic heterocycles. The molecular formula is C49H34N2. The van der Waals surface area contributed by atoms with Gasteiger partial charge in [0.15, 0.2) is 0 Å². The highest BCUT2D eigenvalue weighted by Gasteiger charge is 2.37. The van der Waals surface area contributed by atoms with Crippen molar-refractivity contribution in [1.29, 1.82) is 0 Å². The van der Waals surface area contributed by atoms with Crippen molar-refractivity contribution in [2.24, 2.45) is 0 Å². The largest absolute Gasteiger partial charge is 0.309 e. The average molecular weight is 651 g/mol. The third-order valence-corrected chi connectivity index (χ3v) is 11.5. The molecule has 10 aromatic rings. The van der Waals surface area contributed by atoms with Gasteiger partial charge in [-0.15, -0.1) is 0 Å². The Morgan fingerprint density at radius 2 is 0.961 bits per heavy atom. The molecular weight excluding hydrogens is 617 g/mol. The second kappa shape index (κ2) is 10.3. The Hall–Kier alpha value is -6.38. The molecule has 2 heterocycles. The highest BCUT2D eigenvalue weighted by molar-refractivity contribution is 6.13. The van der Waals surface area contributed by atoms with Crippen molar-refractivity contribution in [2.45, 2.75) is 19.3 Å². The van der Waals surface area contributed by atoms with Gasteiger partial charge in [0.25, 0.3) is 0 Å². The van der Waals surface area contributed by atoms with E-state index in [1.54, 1.807) is 0 Å². The lowest BCUT2D eigenvalue weighted by Crippen LogP contribution is -2.15. The summed E-state index contributed by atoms with van der Waals surface area (Å²) < 4.78 is 4.90. The summed E-state index contributed by atoms with van der Waals surface area (Å²) in [7, 11) is 0. The van der Waals surface area contributed by atoms with E-state index in [2.05, 4.69) is 193 Å². The maximum atomic E-state index is 2.49. The van der Waals surface area contributed by atoms with E-state index < -0.39 is 0 Å². The van der Waals surface area contributed by atoms with Gasteiger partial charge in [-0.25, -0.2) is 0 Å². The molecule has 0 fully saturated rings. The fraction of sp³-hybridized carbons (Fsp3) is 0.0612. The van der Waals surface area contributed by atoms with E-state index >= 15 is 0 Å². The Labute approximate surface area is 296 Å². The zero-order valence-electron chi connectivity index (χ0n) is 28.6. The molecule has 0 bridgehead atoms. The predicted octanol–water partition coefficient (Wildman–Crippen LogP) is 13.0. The van der Waals surface area contributed by atoms with E-state index in [0.29, 0.717) is 0 Å². The lowest BCUT2D eigenvalue weighted by molar-refractivity contribution is 0.660. The van der Waals surface area contributed by atoms with E-state index in [1.165, 1.54) is 99.1 Å². The van der Waals surface area contributed by atoms with Crippen LogP contribution in [0, 0.1) is 0 Å². The summed E-state index contributed by atoms with van der Waals surface area (Å²) in [4.78, 5) is 0. The SMILES string of the molecule is CC1(C)c2cc(-n3c4ccccc4c4ccccc43)ccc2-c2cc3c(cc21)c1ccc(-c2cccc4ccccc24)cc1n3-c1ccccc1. The lowest BCUT2D eigenvalue weighted by atomic mass is 9.82. The Bertz CT molecular complexity index is 2990. The number of hydrogen-bond acceptors (Lipinski definition) is 0. The molecule has 1 aliphatic rings. The number of benzene rings is 8. The van der Waals surface area contributed by atoms with Crippen molar-refractivity contribution in [3.05, 3.63) is 181 Å². The predicted molar refractivity (Wildman–Crippen MR) is 216 cm³/mol. The molecule has 11 rings (SSSR count). The van der Waals surface area contributed by atoms with E-state index in [-0.39, 0.29) is 5.41 Å². The van der Waals surface area contributed by atoms with Crippen LogP contribution in [0.3, 0.4) is 0 Å². The van der Waals surface area contributed by atoms with Crippen molar-refractivity contribution in [2.75, 3.05) is 0 Å². The molecule has 51 heavy (non-hydrogen) atoms. The highest BCUT2D eigenvalue weighted by Crippen LogP contribution is 2.52. The summed E-state index contributed by atoms with van der Waals surface area (Å²) in [5.41, 5.74) is 15.0. The number of rotatable bonds is 3. The topological polar surface area (TPSA) is 9.86 Å². The quantitative estimate of drug-likeness (QED) is 0.180. The molecule has 0 spiro atoms. The van der Waals surface area contributed by atoms with Gasteiger partial charge < -0.3 is 9.13 Å². The van der Waals surface area contributed by atoms with Crippen molar-refractivity contribution in [3.63, 3.8) is 0 Å². The van der Waals surface area contributed by atoms with Gasteiger partial charge in [-0.1, -0.05) is 129 Å². The molecule has 0 saturated heterocycles. The van der Waals surface area contributed by atoms with E-state index in [9.17, 15) is 0 Å². The van der Waals surface area contributed by atoms with Crippen molar-refractivity contribution in [3.8, 4) is 33.6 Å². The molecule has 8 aromatic carbocycles. The second-order valence-electron chi connectivity index (χ2n) is 14.6. The molecule has 240 valence electrons. The molecule has 0 amide bonds. The monoisotopic (exact) mass is 650 g/mol. The Morgan fingerprint density at radius 1 is 0.353 bits per heavy atom. The van der Waals surface area contributed by atoms with Crippen LogP contribution in [0.2, 0.25) is 0 Å². The molecule has 2 aromatic heterocycles. The van der Waals surface area contributed by atoms with Crippen molar-refractivity contribution in [1.82, 2.24) is 9.13 Å². The summed E-state index contributed by atoms with van der Waals surface area (Å²) in [6, 6.07) is 62.8. The van der Waals surface area contributed by atoms with Gasteiger partial charge in [0.1, 0.15) is 0 Å². The lowest BCUT2D eigenvalue weighted by Gasteiger charge is -2.22. The number of hydrogen-bond donors (Lipinski definition) is 0. The van der Waals surface area contributed by atoms with Crippen LogP contribution in [0.25, 0.3) is 88.0 Å². The Kier molecular flexibility index (Phi) is 5.76. The molecule has 0 radical (unpaired) electrons. The molecule has 1 aliphatic carbocycles. The van der Waals surface area contributed by atoms with Crippen LogP contribution in [-0.4, -0.2) is 9.13 Å². The van der Waals surface area contributed by atoms with Crippen LogP contribution in [0.1, 0.15) is 25.0 Å². The summed E-state index contributed by atoms with van der Waals surface area (Å²) in [6.45, 7) is 4.79. The zero-order chi connectivity index (χ0) is 33.8. The minimum atomic E-state index is -0.169. The van der Waals surface area contributed by atoms with Gasteiger partial charge in [-0.05, 0) is 98.8 Å². The smallest absolute Gasteiger partial charge is 0.0547 e. The maximum Gasteiger partial charge on any atom is 0.0547 e. The summed E-state index contributed by atoms with van der Waals surface area (Å²) >= 11 is 0.